The van der Waals surface area contributed by atoms with Gasteiger partial charge in [0.25, 0.3) is 5.91 Å². The van der Waals surface area contributed by atoms with E-state index < -0.39 is 21.5 Å². The van der Waals surface area contributed by atoms with E-state index in [2.05, 4.69) is 21.9 Å². The fourth-order valence-corrected chi connectivity index (χ4v) is 4.28. The molecule has 1 aliphatic rings. The average molecular weight is 394 g/mol. The van der Waals surface area contributed by atoms with Crippen molar-refractivity contribution in [1.29, 1.82) is 0 Å². The highest BCUT2D eigenvalue weighted by Crippen LogP contribution is 2.29. The smallest absolute Gasteiger partial charge is 0.252 e. The molecule has 0 unspecified atom stereocenters. The highest BCUT2D eigenvalue weighted by Gasteiger charge is 2.40. The summed E-state index contributed by atoms with van der Waals surface area (Å²) in [4.78, 5) is 25.4. The molecule has 0 aromatic heterocycles. The molecule has 3 N–H and O–H groups in total. The van der Waals surface area contributed by atoms with E-state index in [0.29, 0.717) is 19.4 Å². The molecule has 1 aromatic carbocycles. The fourth-order valence-electron chi connectivity index (χ4n) is 3.24. The van der Waals surface area contributed by atoms with Crippen LogP contribution in [0.4, 0.5) is 0 Å². The molecule has 0 saturated heterocycles. The molecular weight excluding hydrogens is 366 g/mol. The third kappa shape index (κ3) is 5.17. The molecule has 0 spiro atoms. The Bertz CT molecular complexity index is 799. The topological polar surface area (TPSA) is 104 Å². The third-order valence-electron chi connectivity index (χ3n) is 4.66. The van der Waals surface area contributed by atoms with Crippen LogP contribution in [0.15, 0.2) is 41.8 Å². The number of likely N-dealkylation sites (N-methyl/N-ethyl adjacent to an activating group) is 1. The van der Waals surface area contributed by atoms with Gasteiger partial charge in [0.2, 0.25) is 15.9 Å². The lowest BCUT2D eigenvalue weighted by atomic mass is 9.80. The number of rotatable bonds is 8. The molecule has 8 heteroatoms. The highest BCUT2D eigenvalue weighted by atomic mass is 32.2. The molecule has 0 heterocycles. The maximum atomic E-state index is 12.8. The number of benzene rings is 1. The third-order valence-corrected chi connectivity index (χ3v) is 6.08. The van der Waals surface area contributed by atoms with E-state index in [-0.39, 0.29) is 22.9 Å². The molecule has 148 valence electrons. The molecule has 2 rings (SSSR count). The Morgan fingerprint density at radius 3 is 2.56 bits per heavy atom. The van der Waals surface area contributed by atoms with E-state index in [1.165, 1.54) is 30.3 Å². The predicted octanol–water partition coefficient (Wildman–Crippen LogP) is 1.72. The van der Waals surface area contributed by atoms with E-state index in [0.717, 1.165) is 19.3 Å². The number of amides is 2. The molecule has 0 radical (unpaired) electrons. The standard InChI is InChI=1S/C19H27N3O4S/c1-3-13-21-27(25,26)16-10-8-9-15(14-16)17(23)22-19(18(24)20-4-2)11-6-5-7-12-19/h3,8-10,14,21H,1,4-7,11-13H2,2H3,(H,20,24)(H,22,23). The van der Waals surface area contributed by atoms with Gasteiger partial charge in [-0.3, -0.25) is 9.59 Å². The normalized spacial score (nSPS) is 16.3. The van der Waals surface area contributed by atoms with Crippen molar-refractivity contribution in [3.05, 3.63) is 42.5 Å². The number of nitrogens with one attached hydrogen (secondary N) is 3. The summed E-state index contributed by atoms with van der Waals surface area (Å²) in [7, 11) is -3.73. The van der Waals surface area contributed by atoms with E-state index >= 15 is 0 Å². The summed E-state index contributed by atoms with van der Waals surface area (Å²) < 4.78 is 26.9. The molecule has 0 atom stereocenters. The quantitative estimate of drug-likeness (QED) is 0.585. The van der Waals surface area contributed by atoms with Gasteiger partial charge in [-0.05, 0) is 38.0 Å². The van der Waals surface area contributed by atoms with Crippen LogP contribution in [0, 0.1) is 0 Å². The van der Waals surface area contributed by atoms with Crippen molar-refractivity contribution >= 4 is 21.8 Å². The van der Waals surface area contributed by atoms with Crippen molar-refractivity contribution < 1.29 is 18.0 Å². The van der Waals surface area contributed by atoms with Crippen molar-refractivity contribution in [1.82, 2.24) is 15.4 Å². The zero-order valence-electron chi connectivity index (χ0n) is 15.6. The van der Waals surface area contributed by atoms with Gasteiger partial charge in [0.1, 0.15) is 5.54 Å². The van der Waals surface area contributed by atoms with Crippen molar-refractivity contribution in [2.45, 2.75) is 49.5 Å². The highest BCUT2D eigenvalue weighted by molar-refractivity contribution is 7.89. The van der Waals surface area contributed by atoms with Gasteiger partial charge in [-0.1, -0.05) is 31.4 Å². The zero-order valence-corrected chi connectivity index (χ0v) is 16.4. The Labute approximate surface area is 160 Å². The molecule has 0 aliphatic heterocycles. The first-order valence-corrected chi connectivity index (χ1v) is 10.6. The van der Waals surface area contributed by atoms with Gasteiger partial charge in [-0.2, -0.15) is 0 Å². The zero-order chi connectivity index (χ0) is 19.9. The first-order valence-electron chi connectivity index (χ1n) is 9.16. The second-order valence-electron chi connectivity index (χ2n) is 6.62. The second kappa shape index (κ2) is 9.14. The van der Waals surface area contributed by atoms with Crippen molar-refractivity contribution in [2.24, 2.45) is 0 Å². The number of hydrogen-bond acceptors (Lipinski definition) is 4. The van der Waals surface area contributed by atoms with Gasteiger partial charge in [-0.25, -0.2) is 13.1 Å². The van der Waals surface area contributed by atoms with Crippen LogP contribution in [-0.2, 0) is 14.8 Å². The SMILES string of the molecule is C=CCNS(=O)(=O)c1cccc(C(=O)NC2(C(=O)NCC)CCCCC2)c1. The van der Waals surface area contributed by atoms with E-state index in [1.54, 1.807) is 0 Å². The maximum absolute atomic E-state index is 12.8. The van der Waals surface area contributed by atoms with Crippen LogP contribution in [0.2, 0.25) is 0 Å². The summed E-state index contributed by atoms with van der Waals surface area (Å²) in [5.74, 6) is -0.640. The van der Waals surface area contributed by atoms with Crippen LogP contribution in [0.25, 0.3) is 0 Å². The lowest BCUT2D eigenvalue weighted by Gasteiger charge is -2.36. The first kappa shape index (κ1) is 21.1. The van der Waals surface area contributed by atoms with E-state index in [4.69, 9.17) is 0 Å². The summed E-state index contributed by atoms with van der Waals surface area (Å²) >= 11 is 0. The minimum atomic E-state index is -3.73. The summed E-state index contributed by atoms with van der Waals surface area (Å²) in [6.07, 6.45) is 5.33. The van der Waals surface area contributed by atoms with Crippen LogP contribution in [0.3, 0.4) is 0 Å². The fraction of sp³-hybridized carbons (Fsp3) is 0.474. The monoisotopic (exact) mass is 393 g/mol. The number of carbonyl (C=O) groups excluding carboxylic acids is 2. The van der Waals surface area contributed by atoms with Gasteiger partial charge in [-0.15, -0.1) is 6.58 Å². The Morgan fingerprint density at radius 2 is 1.93 bits per heavy atom. The minimum Gasteiger partial charge on any atom is -0.354 e. The number of carbonyl (C=O) groups is 2. The molecule has 7 nitrogen and oxygen atoms in total. The summed E-state index contributed by atoms with van der Waals surface area (Å²) in [5, 5.41) is 5.68. The second-order valence-corrected chi connectivity index (χ2v) is 8.39. The van der Waals surface area contributed by atoms with Gasteiger partial charge >= 0.3 is 0 Å². The molecule has 1 saturated carbocycles. The van der Waals surface area contributed by atoms with Crippen LogP contribution in [0.1, 0.15) is 49.4 Å². The van der Waals surface area contributed by atoms with Gasteiger partial charge in [0.05, 0.1) is 4.90 Å². The first-order chi connectivity index (χ1) is 12.8. The Hall–Kier alpha value is -2.19. The summed E-state index contributed by atoms with van der Waals surface area (Å²) in [6.45, 7) is 5.89. The largest absolute Gasteiger partial charge is 0.354 e. The predicted molar refractivity (Wildman–Crippen MR) is 104 cm³/mol. The molecule has 1 aliphatic carbocycles. The lowest BCUT2D eigenvalue weighted by molar-refractivity contribution is -0.128. The van der Waals surface area contributed by atoms with Gasteiger partial charge in [0.15, 0.2) is 0 Å². The molecule has 0 bridgehead atoms. The van der Waals surface area contributed by atoms with Crippen LogP contribution >= 0.6 is 0 Å². The summed E-state index contributed by atoms with van der Waals surface area (Å²) in [5.41, 5.74) is -0.743. The van der Waals surface area contributed by atoms with Crippen molar-refractivity contribution in [3.8, 4) is 0 Å². The van der Waals surface area contributed by atoms with E-state index in [1.807, 2.05) is 6.92 Å². The number of hydrogen-bond donors (Lipinski definition) is 3. The Kier molecular flexibility index (Phi) is 7.15. The molecule has 27 heavy (non-hydrogen) atoms. The Morgan fingerprint density at radius 1 is 1.22 bits per heavy atom. The van der Waals surface area contributed by atoms with Crippen LogP contribution in [-0.4, -0.2) is 38.9 Å². The van der Waals surface area contributed by atoms with Gasteiger partial charge in [0, 0.05) is 18.7 Å². The minimum absolute atomic E-state index is 0.00676. The average Bonchev–Trinajstić information content (AvgIpc) is 2.67. The van der Waals surface area contributed by atoms with Crippen LogP contribution in [0.5, 0.6) is 0 Å². The Balaban J connectivity index is 2.24. The van der Waals surface area contributed by atoms with Gasteiger partial charge < -0.3 is 10.6 Å². The van der Waals surface area contributed by atoms with Crippen molar-refractivity contribution in [2.75, 3.05) is 13.1 Å². The maximum Gasteiger partial charge on any atom is 0.252 e. The number of sulfonamides is 1. The molecular formula is C19H27N3O4S. The molecule has 1 fully saturated rings. The van der Waals surface area contributed by atoms with E-state index in [9.17, 15) is 18.0 Å². The molecule has 1 aromatic rings. The van der Waals surface area contributed by atoms with Crippen molar-refractivity contribution in [3.63, 3.8) is 0 Å². The van der Waals surface area contributed by atoms with Crippen LogP contribution < -0.4 is 15.4 Å². The molecule has 2 amide bonds. The lowest BCUT2D eigenvalue weighted by Crippen LogP contribution is -2.59. The summed E-state index contributed by atoms with van der Waals surface area (Å²) in [6, 6.07) is 5.78.